The van der Waals surface area contributed by atoms with E-state index in [2.05, 4.69) is 18.8 Å². The Labute approximate surface area is 186 Å². The molecule has 1 aromatic heterocycles. The van der Waals surface area contributed by atoms with Crippen LogP contribution in [0.1, 0.15) is 78.1 Å². The Kier molecular flexibility index (Phi) is 4.24. The van der Waals surface area contributed by atoms with Crippen molar-refractivity contribution in [1.29, 1.82) is 0 Å². The highest BCUT2D eigenvalue weighted by Gasteiger charge is 2.80. The normalized spacial score (nSPS) is 55.5. The Balaban J connectivity index is 1.27. The van der Waals surface area contributed by atoms with Crippen LogP contribution in [-0.2, 0) is 10.5 Å². The van der Waals surface area contributed by atoms with E-state index in [1.165, 1.54) is 32.1 Å². The van der Waals surface area contributed by atoms with Gasteiger partial charge in [-0.05, 0) is 92.3 Å². The lowest BCUT2D eigenvalue weighted by Gasteiger charge is -2.62. The SMILES string of the molecule is COC[C@@]1(O)CC[C@@]2(C)[C@@H](CC[C@@H]3[C@@H]2CC[C@@]2(C)[C@H]3CCC23CC3(O)n2ccnc2)C1. The number of nitrogens with zero attached hydrogens (tertiary/aromatic N) is 2. The quantitative estimate of drug-likeness (QED) is 0.752. The van der Waals surface area contributed by atoms with Crippen LogP contribution in [0.15, 0.2) is 18.7 Å². The molecule has 2 unspecified atom stereocenters. The molecule has 0 aliphatic heterocycles. The van der Waals surface area contributed by atoms with Gasteiger partial charge >= 0.3 is 0 Å². The molecule has 0 saturated heterocycles. The van der Waals surface area contributed by atoms with Gasteiger partial charge < -0.3 is 19.5 Å². The third-order valence-corrected chi connectivity index (χ3v) is 11.7. The fourth-order valence-electron chi connectivity index (χ4n) is 10.00. The molecule has 5 saturated carbocycles. The Morgan fingerprint density at radius 2 is 1.84 bits per heavy atom. The van der Waals surface area contributed by atoms with Crippen molar-refractivity contribution in [1.82, 2.24) is 9.55 Å². The van der Waals surface area contributed by atoms with Crippen LogP contribution in [0, 0.1) is 39.9 Å². The molecule has 0 aromatic carbocycles. The molecule has 1 aromatic rings. The van der Waals surface area contributed by atoms with Crippen LogP contribution < -0.4 is 0 Å². The number of aliphatic hydroxyl groups is 2. The van der Waals surface area contributed by atoms with Gasteiger partial charge in [0.25, 0.3) is 0 Å². The van der Waals surface area contributed by atoms with Crippen molar-refractivity contribution in [3.63, 3.8) is 0 Å². The molecule has 6 rings (SSSR count). The Morgan fingerprint density at radius 3 is 2.58 bits per heavy atom. The maximum atomic E-state index is 11.7. The van der Waals surface area contributed by atoms with Crippen LogP contribution in [0.4, 0.5) is 0 Å². The molecule has 172 valence electrons. The number of hydrogen-bond acceptors (Lipinski definition) is 4. The van der Waals surface area contributed by atoms with Crippen molar-refractivity contribution in [2.45, 2.75) is 89.4 Å². The molecule has 1 spiro atoms. The second-order valence-corrected chi connectivity index (χ2v) is 12.6. The standard InChI is InChI=1S/C26H40N2O3/c1-22-10-11-24(29,16-31-3)14-18(22)4-5-19-20(22)6-8-23(2)21(19)7-9-25(23)15-26(25,30)28-13-12-27-17-28/h12-13,17-21,29-30H,4-11,14-16H2,1-3H3/t18-,19+,20-,21-,22-,23-,24+,25?,26?/m0/s1. The van der Waals surface area contributed by atoms with Crippen molar-refractivity contribution < 1.29 is 14.9 Å². The van der Waals surface area contributed by atoms with Gasteiger partial charge in [0, 0.05) is 31.3 Å². The van der Waals surface area contributed by atoms with Gasteiger partial charge in [-0.2, -0.15) is 0 Å². The van der Waals surface area contributed by atoms with Gasteiger partial charge in [0.1, 0.15) is 5.72 Å². The summed E-state index contributed by atoms with van der Waals surface area (Å²) in [5.74, 6) is 2.89. The Morgan fingerprint density at radius 1 is 1.03 bits per heavy atom. The van der Waals surface area contributed by atoms with E-state index in [-0.39, 0.29) is 10.8 Å². The first-order valence-corrected chi connectivity index (χ1v) is 12.6. The molecular formula is C26H40N2O3. The number of ether oxygens (including phenoxy) is 1. The van der Waals surface area contributed by atoms with E-state index in [0.717, 1.165) is 49.9 Å². The first-order valence-electron chi connectivity index (χ1n) is 12.6. The molecule has 9 atom stereocenters. The van der Waals surface area contributed by atoms with Gasteiger partial charge in [-0.3, -0.25) is 0 Å². The Bertz CT molecular complexity index is 859. The predicted molar refractivity (Wildman–Crippen MR) is 118 cm³/mol. The molecular weight excluding hydrogens is 388 g/mol. The summed E-state index contributed by atoms with van der Waals surface area (Å²) in [6.45, 7) is 5.54. The zero-order valence-corrected chi connectivity index (χ0v) is 19.5. The average molecular weight is 429 g/mol. The van der Waals surface area contributed by atoms with E-state index in [4.69, 9.17) is 4.74 Å². The smallest absolute Gasteiger partial charge is 0.149 e. The monoisotopic (exact) mass is 428 g/mol. The third kappa shape index (κ3) is 2.46. The summed E-state index contributed by atoms with van der Waals surface area (Å²) < 4.78 is 7.36. The van der Waals surface area contributed by atoms with Crippen molar-refractivity contribution in [2.24, 2.45) is 39.9 Å². The van der Waals surface area contributed by atoms with Crippen molar-refractivity contribution in [2.75, 3.05) is 13.7 Å². The zero-order chi connectivity index (χ0) is 21.7. The predicted octanol–water partition coefficient (Wildman–Crippen LogP) is 4.34. The summed E-state index contributed by atoms with van der Waals surface area (Å²) in [6.07, 6.45) is 16.9. The van der Waals surface area contributed by atoms with Gasteiger partial charge in [0.2, 0.25) is 0 Å². The van der Waals surface area contributed by atoms with Crippen molar-refractivity contribution >= 4 is 0 Å². The highest BCUT2D eigenvalue weighted by molar-refractivity contribution is 5.26. The number of rotatable bonds is 3. The fourth-order valence-corrected chi connectivity index (χ4v) is 10.00. The number of fused-ring (bicyclic) bond motifs is 6. The molecule has 2 N–H and O–H groups in total. The highest BCUT2D eigenvalue weighted by Crippen LogP contribution is 2.81. The molecule has 5 fully saturated rings. The van der Waals surface area contributed by atoms with E-state index < -0.39 is 11.3 Å². The number of methoxy groups -OCH3 is 1. The molecule has 5 heteroatoms. The largest absolute Gasteiger partial charge is 0.387 e. The number of imidazole rings is 1. The summed E-state index contributed by atoms with van der Waals surface area (Å²) >= 11 is 0. The molecule has 5 aliphatic carbocycles. The molecule has 0 radical (unpaired) electrons. The van der Waals surface area contributed by atoms with E-state index in [9.17, 15) is 10.2 Å². The van der Waals surface area contributed by atoms with Gasteiger partial charge in [0.15, 0.2) is 0 Å². The maximum Gasteiger partial charge on any atom is 0.149 e. The average Bonchev–Trinajstić information content (AvgIpc) is 3.07. The van der Waals surface area contributed by atoms with Crippen LogP contribution in [0.5, 0.6) is 0 Å². The summed E-state index contributed by atoms with van der Waals surface area (Å²) in [4.78, 5) is 4.23. The van der Waals surface area contributed by atoms with Crippen LogP contribution in [-0.4, -0.2) is 39.1 Å². The summed E-state index contributed by atoms with van der Waals surface area (Å²) in [6, 6.07) is 0. The lowest BCUT2D eigenvalue weighted by atomic mass is 9.43. The third-order valence-electron chi connectivity index (χ3n) is 11.7. The zero-order valence-electron chi connectivity index (χ0n) is 19.5. The number of aromatic nitrogens is 2. The second kappa shape index (κ2) is 6.36. The molecule has 1 heterocycles. The van der Waals surface area contributed by atoms with E-state index in [0.29, 0.717) is 17.9 Å². The summed E-state index contributed by atoms with van der Waals surface area (Å²) in [5.41, 5.74) is -0.754. The van der Waals surface area contributed by atoms with Crippen LogP contribution >= 0.6 is 0 Å². The molecule has 5 nitrogen and oxygen atoms in total. The van der Waals surface area contributed by atoms with Gasteiger partial charge in [0.05, 0.1) is 18.5 Å². The minimum absolute atomic E-state index is 0.0272. The Hall–Kier alpha value is -0.910. The van der Waals surface area contributed by atoms with E-state index >= 15 is 0 Å². The van der Waals surface area contributed by atoms with E-state index in [1.807, 2.05) is 17.1 Å². The van der Waals surface area contributed by atoms with Gasteiger partial charge in [-0.15, -0.1) is 0 Å². The first kappa shape index (κ1) is 20.7. The summed E-state index contributed by atoms with van der Waals surface area (Å²) in [5, 5.41) is 22.7. The first-order chi connectivity index (χ1) is 14.7. The maximum absolute atomic E-state index is 11.7. The van der Waals surface area contributed by atoms with Gasteiger partial charge in [-0.25, -0.2) is 4.98 Å². The van der Waals surface area contributed by atoms with Crippen molar-refractivity contribution in [3.05, 3.63) is 18.7 Å². The topological polar surface area (TPSA) is 67.5 Å². The minimum Gasteiger partial charge on any atom is -0.387 e. The molecule has 31 heavy (non-hydrogen) atoms. The van der Waals surface area contributed by atoms with Crippen LogP contribution in [0.25, 0.3) is 0 Å². The van der Waals surface area contributed by atoms with E-state index in [1.54, 1.807) is 13.3 Å². The fraction of sp³-hybridized carbons (Fsp3) is 0.885. The minimum atomic E-state index is -0.734. The lowest BCUT2D eigenvalue weighted by molar-refractivity contribution is -0.167. The highest BCUT2D eigenvalue weighted by atomic mass is 16.5. The van der Waals surface area contributed by atoms with Crippen LogP contribution in [0.2, 0.25) is 0 Å². The van der Waals surface area contributed by atoms with Gasteiger partial charge in [-0.1, -0.05) is 13.8 Å². The number of hydrogen-bond donors (Lipinski definition) is 2. The molecule has 5 aliphatic rings. The lowest BCUT2D eigenvalue weighted by Crippen LogP contribution is -2.57. The second-order valence-electron chi connectivity index (χ2n) is 12.6. The summed E-state index contributed by atoms with van der Waals surface area (Å²) in [7, 11) is 1.71. The van der Waals surface area contributed by atoms with Crippen LogP contribution in [0.3, 0.4) is 0 Å². The molecule has 0 amide bonds. The molecule has 0 bridgehead atoms. The van der Waals surface area contributed by atoms with Crippen molar-refractivity contribution in [3.8, 4) is 0 Å².